The standard InChI is InChI=1S/C14H24N4O/c1-3-8-15-13-16-9-11(2)12(17-13)18-14(10-19)6-4-5-7-14/h9,19H,3-8,10H2,1-2H3,(H2,15,16,17,18). The molecule has 0 radical (unpaired) electrons. The van der Waals surface area contributed by atoms with Gasteiger partial charge in [0.05, 0.1) is 12.1 Å². The van der Waals surface area contributed by atoms with E-state index in [2.05, 4.69) is 27.5 Å². The van der Waals surface area contributed by atoms with E-state index in [0.717, 1.165) is 37.2 Å². The Bertz CT molecular complexity index is 416. The molecule has 106 valence electrons. The minimum Gasteiger partial charge on any atom is -0.394 e. The van der Waals surface area contributed by atoms with Gasteiger partial charge in [0.1, 0.15) is 5.82 Å². The summed E-state index contributed by atoms with van der Waals surface area (Å²) in [6, 6.07) is 0. The average molecular weight is 264 g/mol. The third-order valence-corrected chi connectivity index (χ3v) is 3.75. The summed E-state index contributed by atoms with van der Waals surface area (Å²) in [6.45, 7) is 5.13. The molecule has 1 aromatic heterocycles. The molecule has 0 bridgehead atoms. The highest BCUT2D eigenvalue weighted by molar-refractivity contribution is 5.48. The third kappa shape index (κ3) is 3.35. The van der Waals surface area contributed by atoms with Gasteiger partial charge in [-0.1, -0.05) is 19.8 Å². The molecule has 3 N–H and O–H groups in total. The Labute approximate surface area is 114 Å². The Morgan fingerprint density at radius 2 is 2.11 bits per heavy atom. The van der Waals surface area contributed by atoms with Crippen molar-refractivity contribution in [1.82, 2.24) is 9.97 Å². The molecule has 1 heterocycles. The molecule has 0 atom stereocenters. The van der Waals surface area contributed by atoms with Crippen LogP contribution in [0, 0.1) is 6.92 Å². The van der Waals surface area contributed by atoms with E-state index < -0.39 is 0 Å². The van der Waals surface area contributed by atoms with Crippen LogP contribution in [0.1, 0.15) is 44.6 Å². The average Bonchev–Trinajstić information content (AvgIpc) is 2.89. The van der Waals surface area contributed by atoms with Crippen LogP contribution in [0.4, 0.5) is 11.8 Å². The minimum absolute atomic E-state index is 0.161. The molecule has 19 heavy (non-hydrogen) atoms. The van der Waals surface area contributed by atoms with Crippen molar-refractivity contribution in [3.63, 3.8) is 0 Å². The number of aromatic nitrogens is 2. The molecular formula is C14H24N4O. The Kier molecular flexibility index (Phi) is 4.58. The van der Waals surface area contributed by atoms with E-state index in [9.17, 15) is 5.11 Å². The van der Waals surface area contributed by atoms with Gasteiger partial charge in [-0.2, -0.15) is 4.98 Å². The van der Waals surface area contributed by atoms with Gasteiger partial charge >= 0.3 is 0 Å². The summed E-state index contributed by atoms with van der Waals surface area (Å²) < 4.78 is 0. The van der Waals surface area contributed by atoms with Crippen LogP contribution in [-0.2, 0) is 0 Å². The van der Waals surface area contributed by atoms with Gasteiger partial charge in [-0.15, -0.1) is 0 Å². The second-order valence-electron chi connectivity index (χ2n) is 5.42. The predicted octanol–water partition coefficient (Wildman–Crippen LogP) is 2.32. The van der Waals surface area contributed by atoms with Gasteiger partial charge in [-0.3, -0.25) is 0 Å². The number of aliphatic hydroxyl groups is 1. The first-order valence-corrected chi connectivity index (χ1v) is 7.16. The molecule has 0 aliphatic heterocycles. The van der Waals surface area contributed by atoms with Crippen molar-refractivity contribution in [3.8, 4) is 0 Å². The zero-order chi connectivity index (χ0) is 13.7. The van der Waals surface area contributed by atoms with E-state index in [1.54, 1.807) is 0 Å². The van der Waals surface area contributed by atoms with E-state index in [1.807, 2.05) is 13.1 Å². The highest BCUT2D eigenvalue weighted by Crippen LogP contribution is 2.33. The molecule has 1 aromatic rings. The molecule has 1 aliphatic rings. The van der Waals surface area contributed by atoms with Crippen LogP contribution in [0.5, 0.6) is 0 Å². The summed E-state index contributed by atoms with van der Waals surface area (Å²) in [6.07, 6.45) is 7.21. The molecule has 0 saturated heterocycles. The van der Waals surface area contributed by atoms with Gasteiger partial charge in [0.2, 0.25) is 5.95 Å². The normalized spacial score (nSPS) is 17.4. The van der Waals surface area contributed by atoms with Crippen LogP contribution in [0.3, 0.4) is 0 Å². The van der Waals surface area contributed by atoms with Crippen LogP contribution >= 0.6 is 0 Å². The lowest BCUT2D eigenvalue weighted by molar-refractivity contribution is 0.213. The van der Waals surface area contributed by atoms with E-state index in [-0.39, 0.29) is 12.1 Å². The molecule has 0 aromatic carbocycles. The minimum atomic E-state index is -0.193. The van der Waals surface area contributed by atoms with Crippen molar-refractivity contribution in [2.45, 2.75) is 51.5 Å². The lowest BCUT2D eigenvalue weighted by atomic mass is 9.99. The molecule has 0 spiro atoms. The Balaban J connectivity index is 2.13. The largest absolute Gasteiger partial charge is 0.394 e. The van der Waals surface area contributed by atoms with Crippen LogP contribution in [0.15, 0.2) is 6.20 Å². The van der Waals surface area contributed by atoms with Crippen molar-refractivity contribution >= 4 is 11.8 Å². The van der Waals surface area contributed by atoms with Gasteiger partial charge in [0.15, 0.2) is 0 Å². The SMILES string of the molecule is CCCNc1ncc(C)c(NC2(CO)CCCC2)n1. The lowest BCUT2D eigenvalue weighted by Gasteiger charge is -2.29. The van der Waals surface area contributed by atoms with Crippen LogP contribution in [-0.4, -0.2) is 33.8 Å². The number of hydrogen-bond acceptors (Lipinski definition) is 5. The monoisotopic (exact) mass is 264 g/mol. The first-order chi connectivity index (χ1) is 9.19. The molecule has 0 amide bonds. The number of nitrogens with zero attached hydrogens (tertiary/aromatic N) is 2. The van der Waals surface area contributed by atoms with E-state index in [1.165, 1.54) is 12.8 Å². The second kappa shape index (κ2) is 6.19. The number of hydrogen-bond donors (Lipinski definition) is 3. The summed E-state index contributed by atoms with van der Waals surface area (Å²) in [5.41, 5.74) is 0.822. The van der Waals surface area contributed by atoms with Crippen molar-refractivity contribution in [2.75, 3.05) is 23.8 Å². The lowest BCUT2D eigenvalue weighted by Crippen LogP contribution is -2.39. The first-order valence-electron chi connectivity index (χ1n) is 7.16. The van der Waals surface area contributed by atoms with Crippen LogP contribution < -0.4 is 10.6 Å². The van der Waals surface area contributed by atoms with Gasteiger partial charge in [0, 0.05) is 18.3 Å². The van der Waals surface area contributed by atoms with Crippen molar-refractivity contribution in [1.29, 1.82) is 0 Å². The molecule has 1 aliphatic carbocycles. The van der Waals surface area contributed by atoms with Gasteiger partial charge in [-0.25, -0.2) is 4.98 Å². The molecule has 1 saturated carbocycles. The fourth-order valence-electron chi connectivity index (χ4n) is 2.52. The Morgan fingerprint density at radius 1 is 1.37 bits per heavy atom. The first kappa shape index (κ1) is 14.1. The molecule has 5 heteroatoms. The molecule has 5 nitrogen and oxygen atoms in total. The van der Waals surface area contributed by atoms with Crippen LogP contribution in [0.25, 0.3) is 0 Å². The number of aryl methyl sites for hydroxylation is 1. The summed E-state index contributed by atoms with van der Waals surface area (Å²) in [4.78, 5) is 8.80. The van der Waals surface area contributed by atoms with Crippen molar-refractivity contribution < 1.29 is 5.11 Å². The quantitative estimate of drug-likeness (QED) is 0.735. The van der Waals surface area contributed by atoms with Gasteiger partial charge in [0.25, 0.3) is 0 Å². The van der Waals surface area contributed by atoms with Crippen molar-refractivity contribution in [2.24, 2.45) is 0 Å². The summed E-state index contributed by atoms with van der Waals surface area (Å²) in [5, 5.41) is 16.3. The fourth-order valence-corrected chi connectivity index (χ4v) is 2.52. The zero-order valence-electron chi connectivity index (χ0n) is 11.9. The Morgan fingerprint density at radius 3 is 2.74 bits per heavy atom. The molecule has 1 fully saturated rings. The topological polar surface area (TPSA) is 70.1 Å². The van der Waals surface area contributed by atoms with E-state index in [0.29, 0.717) is 5.95 Å². The van der Waals surface area contributed by atoms with E-state index >= 15 is 0 Å². The fraction of sp³-hybridized carbons (Fsp3) is 0.714. The Hall–Kier alpha value is -1.36. The smallest absolute Gasteiger partial charge is 0.224 e. The maximum absolute atomic E-state index is 9.66. The van der Waals surface area contributed by atoms with Gasteiger partial charge < -0.3 is 15.7 Å². The predicted molar refractivity (Wildman–Crippen MR) is 77.5 cm³/mol. The molecule has 2 rings (SSSR count). The van der Waals surface area contributed by atoms with E-state index in [4.69, 9.17) is 0 Å². The number of rotatable bonds is 6. The zero-order valence-corrected chi connectivity index (χ0v) is 11.9. The summed E-state index contributed by atoms with van der Waals surface area (Å²) in [5.74, 6) is 1.49. The van der Waals surface area contributed by atoms with Crippen molar-refractivity contribution in [3.05, 3.63) is 11.8 Å². The summed E-state index contributed by atoms with van der Waals surface area (Å²) in [7, 11) is 0. The highest BCUT2D eigenvalue weighted by Gasteiger charge is 2.33. The second-order valence-corrected chi connectivity index (χ2v) is 5.42. The number of aliphatic hydroxyl groups excluding tert-OH is 1. The third-order valence-electron chi connectivity index (χ3n) is 3.75. The molecular weight excluding hydrogens is 240 g/mol. The molecule has 0 unspecified atom stereocenters. The maximum Gasteiger partial charge on any atom is 0.224 e. The maximum atomic E-state index is 9.66. The summed E-state index contributed by atoms with van der Waals surface area (Å²) >= 11 is 0. The number of nitrogens with one attached hydrogen (secondary N) is 2. The van der Waals surface area contributed by atoms with Gasteiger partial charge in [-0.05, 0) is 26.2 Å². The number of anilines is 2. The highest BCUT2D eigenvalue weighted by atomic mass is 16.3. The van der Waals surface area contributed by atoms with Crippen LogP contribution in [0.2, 0.25) is 0 Å².